The number of hydrogen-bond acceptors (Lipinski definition) is 3. The molecule has 1 aliphatic rings. The van der Waals surface area contributed by atoms with E-state index in [1.165, 1.54) is 10.5 Å². The lowest BCUT2D eigenvalue weighted by molar-refractivity contribution is -0.892. The molecule has 0 unspecified atom stereocenters. The molecule has 1 amide bonds. The third kappa shape index (κ3) is 5.64. The Balaban J connectivity index is 1.34. The number of aromatic hydroxyl groups is 1. The second-order valence-corrected chi connectivity index (χ2v) is 8.12. The summed E-state index contributed by atoms with van der Waals surface area (Å²) in [7, 11) is 0. The Bertz CT molecular complexity index is 970. The number of phenolic OH excluding ortho intramolecular Hbond substituents is 1. The molecule has 1 saturated heterocycles. The number of benzene rings is 3. The van der Waals surface area contributed by atoms with E-state index < -0.39 is 0 Å². The minimum atomic E-state index is -0.0435. The maximum Gasteiger partial charge on any atom is 0.275 e. The molecule has 1 aliphatic heterocycles. The van der Waals surface area contributed by atoms with Crippen LogP contribution in [0.25, 0.3) is 0 Å². The van der Waals surface area contributed by atoms with E-state index in [4.69, 9.17) is 0 Å². The molecule has 0 aliphatic carbocycles. The Morgan fingerprint density at radius 3 is 2.19 bits per heavy atom. The number of carbonyl (C=O) groups excluding carboxylic acids is 1. The average molecular weight is 417 g/mol. The number of carbonyl (C=O) groups is 1. The molecule has 1 heterocycles. The summed E-state index contributed by atoms with van der Waals surface area (Å²) >= 11 is 0. The monoisotopic (exact) mass is 416 g/mol. The smallest absolute Gasteiger partial charge is 0.275 e. The van der Waals surface area contributed by atoms with Gasteiger partial charge in [0.25, 0.3) is 5.91 Å². The number of piperazine rings is 1. The van der Waals surface area contributed by atoms with Crippen molar-refractivity contribution >= 4 is 11.6 Å². The fourth-order valence-corrected chi connectivity index (χ4v) is 4.23. The van der Waals surface area contributed by atoms with Gasteiger partial charge in [0.05, 0.1) is 37.9 Å². The fourth-order valence-electron chi connectivity index (χ4n) is 4.23. The van der Waals surface area contributed by atoms with Gasteiger partial charge in [-0.25, -0.2) is 0 Å². The number of para-hydroxylation sites is 2. The van der Waals surface area contributed by atoms with Gasteiger partial charge < -0.3 is 20.2 Å². The molecule has 0 aromatic heterocycles. The van der Waals surface area contributed by atoms with E-state index in [1.807, 2.05) is 54.6 Å². The number of nitrogens with zero attached hydrogens (tertiary/aromatic N) is 1. The summed E-state index contributed by atoms with van der Waals surface area (Å²) in [6.45, 7) is 3.86. The van der Waals surface area contributed by atoms with Crippen molar-refractivity contribution in [3.8, 4) is 5.75 Å². The Morgan fingerprint density at radius 1 is 0.903 bits per heavy atom. The highest BCUT2D eigenvalue weighted by Gasteiger charge is 2.25. The normalized spacial score (nSPS) is 15.4. The second-order valence-electron chi connectivity index (χ2n) is 8.12. The maximum atomic E-state index is 12.9. The van der Waals surface area contributed by atoms with Crippen molar-refractivity contribution in [2.75, 3.05) is 37.6 Å². The number of hydrogen-bond donors (Lipinski definition) is 3. The van der Waals surface area contributed by atoms with Crippen molar-refractivity contribution in [2.24, 2.45) is 0 Å². The van der Waals surface area contributed by atoms with Crippen LogP contribution < -0.4 is 15.1 Å². The van der Waals surface area contributed by atoms with Crippen LogP contribution in [-0.4, -0.2) is 43.7 Å². The van der Waals surface area contributed by atoms with Gasteiger partial charge in [-0.2, -0.15) is 0 Å². The largest absolute Gasteiger partial charge is 0.506 e. The molecule has 3 N–H and O–H groups in total. The van der Waals surface area contributed by atoms with E-state index in [2.05, 4.69) is 34.5 Å². The molecular weight excluding hydrogens is 386 g/mol. The van der Waals surface area contributed by atoms with Crippen LogP contribution in [0.5, 0.6) is 5.75 Å². The number of phenols is 1. The number of quaternary nitrogens is 1. The van der Waals surface area contributed by atoms with Crippen LogP contribution in [0, 0.1) is 0 Å². The first kappa shape index (κ1) is 20.9. The van der Waals surface area contributed by atoms with E-state index in [0.717, 1.165) is 43.9 Å². The number of rotatable bonds is 7. The summed E-state index contributed by atoms with van der Waals surface area (Å²) in [6, 6.07) is 27.9. The molecule has 31 heavy (non-hydrogen) atoms. The molecular formula is C26H30N3O2+. The molecule has 0 bridgehead atoms. The fraction of sp³-hybridized carbons (Fsp3) is 0.269. The van der Waals surface area contributed by atoms with Gasteiger partial charge in [0, 0.05) is 0 Å². The summed E-state index contributed by atoms with van der Waals surface area (Å²) in [5, 5.41) is 13.4. The first-order chi connectivity index (χ1) is 15.2. The third-order valence-electron chi connectivity index (χ3n) is 5.92. The number of amides is 1. The summed E-state index contributed by atoms with van der Waals surface area (Å²) in [5.41, 5.74) is 3.21. The van der Waals surface area contributed by atoms with Crippen LogP contribution in [0.3, 0.4) is 0 Å². The minimum Gasteiger partial charge on any atom is -0.506 e. The van der Waals surface area contributed by atoms with Crippen molar-refractivity contribution in [3.05, 3.63) is 96.1 Å². The van der Waals surface area contributed by atoms with Gasteiger partial charge in [-0.1, -0.05) is 72.8 Å². The highest BCUT2D eigenvalue weighted by Crippen LogP contribution is 2.26. The molecule has 1 atom stereocenters. The molecule has 0 spiro atoms. The topological polar surface area (TPSA) is 57.0 Å². The lowest BCUT2D eigenvalue weighted by Gasteiger charge is -2.33. The second kappa shape index (κ2) is 10.1. The van der Waals surface area contributed by atoms with Crippen LogP contribution in [0.1, 0.15) is 17.2 Å². The highest BCUT2D eigenvalue weighted by atomic mass is 16.3. The molecule has 5 heteroatoms. The predicted octanol–water partition coefficient (Wildman–Crippen LogP) is 2.20. The number of nitrogens with one attached hydrogen (secondary N) is 2. The van der Waals surface area contributed by atoms with Crippen molar-refractivity contribution < 1.29 is 14.8 Å². The maximum absolute atomic E-state index is 12.9. The Morgan fingerprint density at radius 2 is 1.52 bits per heavy atom. The van der Waals surface area contributed by atoms with E-state index in [-0.39, 0.29) is 11.9 Å². The molecule has 3 aromatic carbocycles. The molecule has 5 nitrogen and oxygen atoms in total. The van der Waals surface area contributed by atoms with Crippen LogP contribution in [-0.2, 0) is 11.2 Å². The van der Waals surface area contributed by atoms with E-state index in [0.29, 0.717) is 12.3 Å². The lowest BCUT2D eigenvalue weighted by Crippen LogP contribution is -3.16. The summed E-state index contributed by atoms with van der Waals surface area (Å²) in [5.74, 6) is 0.395. The first-order valence-electron chi connectivity index (χ1n) is 10.9. The SMILES string of the molecule is O=C(C[NH+]1CCN(c2ccccc2O)CC1)N[C@@H](Cc1ccccc1)c1ccccc1. The van der Waals surface area contributed by atoms with Crippen molar-refractivity contribution in [1.29, 1.82) is 0 Å². The zero-order valence-corrected chi connectivity index (χ0v) is 17.7. The lowest BCUT2D eigenvalue weighted by atomic mass is 9.99. The third-order valence-corrected chi connectivity index (χ3v) is 5.92. The summed E-state index contributed by atoms with van der Waals surface area (Å²) in [4.78, 5) is 16.4. The van der Waals surface area contributed by atoms with E-state index in [1.54, 1.807) is 6.07 Å². The molecule has 4 rings (SSSR count). The van der Waals surface area contributed by atoms with Crippen molar-refractivity contribution in [3.63, 3.8) is 0 Å². The molecule has 3 aromatic rings. The molecule has 0 saturated carbocycles. The Labute approximate surface area is 183 Å². The quantitative estimate of drug-likeness (QED) is 0.554. The first-order valence-corrected chi connectivity index (χ1v) is 10.9. The summed E-state index contributed by atoms with van der Waals surface area (Å²) in [6.07, 6.45) is 0.771. The van der Waals surface area contributed by atoms with Crippen LogP contribution in [0.2, 0.25) is 0 Å². The zero-order chi connectivity index (χ0) is 21.5. The van der Waals surface area contributed by atoms with Gasteiger partial charge in [0.1, 0.15) is 5.75 Å². The van der Waals surface area contributed by atoms with Crippen molar-refractivity contribution in [2.45, 2.75) is 12.5 Å². The molecule has 0 radical (unpaired) electrons. The molecule has 1 fully saturated rings. The van der Waals surface area contributed by atoms with E-state index in [9.17, 15) is 9.90 Å². The van der Waals surface area contributed by atoms with Crippen LogP contribution >= 0.6 is 0 Å². The highest BCUT2D eigenvalue weighted by molar-refractivity contribution is 5.77. The van der Waals surface area contributed by atoms with Gasteiger partial charge >= 0.3 is 0 Å². The van der Waals surface area contributed by atoms with Gasteiger partial charge in [0.15, 0.2) is 6.54 Å². The number of anilines is 1. The van der Waals surface area contributed by atoms with Gasteiger partial charge in [-0.05, 0) is 29.7 Å². The van der Waals surface area contributed by atoms with Gasteiger partial charge in [-0.15, -0.1) is 0 Å². The van der Waals surface area contributed by atoms with Gasteiger partial charge in [-0.3, -0.25) is 4.79 Å². The van der Waals surface area contributed by atoms with Crippen LogP contribution in [0.4, 0.5) is 5.69 Å². The Kier molecular flexibility index (Phi) is 6.85. The average Bonchev–Trinajstić information content (AvgIpc) is 2.81. The Hall–Kier alpha value is -3.31. The van der Waals surface area contributed by atoms with Crippen LogP contribution in [0.15, 0.2) is 84.9 Å². The molecule has 160 valence electrons. The minimum absolute atomic E-state index is 0.0435. The van der Waals surface area contributed by atoms with Gasteiger partial charge in [0.2, 0.25) is 0 Å². The van der Waals surface area contributed by atoms with E-state index >= 15 is 0 Å². The zero-order valence-electron chi connectivity index (χ0n) is 17.7. The predicted molar refractivity (Wildman–Crippen MR) is 123 cm³/mol. The standard InChI is InChI=1S/C26H29N3O2/c30-25-14-8-7-13-24(25)29-17-15-28(16-18-29)20-26(31)27-23(22-11-5-2-6-12-22)19-21-9-3-1-4-10-21/h1-14,23,30H,15-20H2,(H,27,31)/p+1/t23-/m0/s1. The van der Waals surface area contributed by atoms with Crippen molar-refractivity contribution in [1.82, 2.24) is 5.32 Å². The summed E-state index contributed by atoms with van der Waals surface area (Å²) < 4.78 is 0.